The van der Waals surface area contributed by atoms with E-state index < -0.39 is 0 Å². The lowest BCUT2D eigenvalue weighted by molar-refractivity contribution is 0.259. The van der Waals surface area contributed by atoms with E-state index >= 15 is 0 Å². The number of halogens is 1. The van der Waals surface area contributed by atoms with Gasteiger partial charge < -0.3 is 15.2 Å². The Morgan fingerprint density at radius 2 is 2.05 bits per heavy atom. The molecule has 0 saturated heterocycles. The summed E-state index contributed by atoms with van der Waals surface area (Å²) in [6.07, 6.45) is 2.03. The summed E-state index contributed by atoms with van der Waals surface area (Å²) in [5.74, 6) is 1.42. The van der Waals surface area contributed by atoms with Crippen molar-refractivity contribution in [2.45, 2.75) is 39.2 Å². The first kappa shape index (κ1) is 15.8. The Hall–Kier alpha value is -1.29. The molecule has 19 heavy (non-hydrogen) atoms. The lowest BCUT2D eigenvalue weighted by Crippen LogP contribution is -2.22. The molecule has 2 N–H and O–H groups in total. The molecule has 0 aromatic heterocycles. The highest BCUT2D eigenvalue weighted by Gasteiger charge is 2.13. The summed E-state index contributed by atoms with van der Waals surface area (Å²) >= 11 is 0. The maximum Gasteiger partial charge on any atom is 0.164 e. The van der Waals surface area contributed by atoms with Crippen LogP contribution in [0.5, 0.6) is 11.5 Å². The molecule has 108 valence electrons. The van der Waals surface area contributed by atoms with E-state index in [-0.39, 0.29) is 12.7 Å². The van der Waals surface area contributed by atoms with E-state index in [1.165, 1.54) is 0 Å². The van der Waals surface area contributed by atoms with Gasteiger partial charge in [0.25, 0.3) is 0 Å². The molecule has 1 aromatic rings. The summed E-state index contributed by atoms with van der Waals surface area (Å²) in [6, 6.07) is 5.89. The van der Waals surface area contributed by atoms with Crippen LogP contribution in [-0.4, -0.2) is 25.9 Å². The summed E-state index contributed by atoms with van der Waals surface area (Å²) in [5.41, 5.74) is 7.02. The Kier molecular flexibility index (Phi) is 7.26. The zero-order valence-electron chi connectivity index (χ0n) is 11.8. The minimum absolute atomic E-state index is 0.0976. The number of hydrogen-bond donors (Lipinski definition) is 1. The van der Waals surface area contributed by atoms with Crippen molar-refractivity contribution in [1.82, 2.24) is 0 Å². The largest absolute Gasteiger partial charge is 0.490 e. The van der Waals surface area contributed by atoms with Gasteiger partial charge in [0.05, 0.1) is 19.9 Å². The summed E-state index contributed by atoms with van der Waals surface area (Å²) in [4.78, 5) is 0. The van der Waals surface area contributed by atoms with Gasteiger partial charge in [-0.25, -0.2) is 0 Å². The average molecular weight is 269 g/mol. The standard InChI is InChI=1S/C15H24FNO2/c1-3-13(17)11-12-7-5-8-14(18-4-2)15(12)19-10-6-9-16/h5,7-8,13H,3-4,6,9-11,17H2,1-2H3. The molecule has 0 radical (unpaired) electrons. The molecule has 1 atom stereocenters. The monoisotopic (exact) mass is 269 g/mol. The van der Waals surface area contributed by atoms with E-state index in [1.54, 1.807) is 0 Å². The third-order valence-electron chi connectivity index (χ3n) is 2.89. The van der Waals surface area contributed by atoms with Crippen LogP contribution < -0.4 is 15.2 Å². The van der Waals surface area contributed by atoms with Crippen LogP contribution in [0.1, 0.15) is 32.3 Å². The summed E-state index contributed by atoms with van der Waals surface area (Å²) in [6.45, 7) is 4.54. The van der Waals surface area contributed by atoms with Gasteiger partial charge >= 0.3 is 0 Å². The fourth-order valence-electron chi connectivity index (χ4n) is 1.81. The van der Waals surface area contributed by atoms with E-state index in [0.29, 0.717) is 31.1 Å². The summed E-state index contributed by atoms with van der Waals surface area (Å²) in [7, 11) is 0. The van der Waals surface area contributed by atoms with Gasteiger partial charge in [-0.1, -0.05) is 19.1 Å². The molecule has 0 aliphatic rings. The van der Waals surface area contributed by atoms with Crippen molar-refractivity contribution in [3.8, 4) is 11.5 Å². The smallest absolute Gasteiger partial charge is 0.164 e. The van der Waals surface area contributed by atoms with Gasteiger partial charge in [0.2, 0.25) is 0 Å². The Bertz CT molecular complexity index is 371. The first-order chi connectivity index (χ1) is 9.22. The maximum atomic E-state index is 12.2. The lowest BCUT2D eigenvalue weighted by atomic mass is 10.0. The van der Waals surface area contributed by atoms with Crippen LogP contribution >= 0.6 is 0 Å². The van der Waals surface area contributed by atoms with E-state index in [4.69, 9.17) is 15.2 Å². The molecular weight excluding hydrogens is 245 g/mol. The molecule has 3 nitrogen and oxygen atoms in total. The van der Waals surface area contributed by atoms with E-state index in [0.717, 1.165) is 18.4 Å². The minimum atomic E-state index is -0.374. The lowest BCUT2D eigenvalue weighted by Gasteiger charge is -2.17. The van der Waals surface area contributed by atoms with Crippen LogP contribution in [0.15, 0.2) is 18.2 Å². The van der Waals surface area contributed by atoms with Gasteiger partial charge in [-0.05, 0) is 31.4 Å². The second kappa shape index (κ2) is 8.75. The highest BCUT2D eigenvalue weighted by Crippen LogP contribution is 2.32. The Morgan fingerprint density at radius 3 is 2.68 bits per heavy atom. The Balaban J connectivity index is 2.89. The number of benzene rings is 1. The van der Waals surface area contributed by atoms with Crippen LogP contribution in [0.4, 0.5) is 4.39 Å². The minimum Gasteiger partial charge on any atom is -0.490 e. The molecule has 0 heterocycles. The zero-order valence-corrected chi connectivity index (χ0v) is 11.8. The van der Waals surface area contributed by atoms with Gasteiger partial charge in [-0.15, -0.1) is 0 Å². The molecule has 0 aliphatic carbocycles. The van der Waals surface area contributed by atoms with Crippen molar-refractivity contribution in [3.63, 3.8) is 0 Å². The van der Waals surface area contributed by atoms with Crippen LogP contribution in [0.25, 0.3) is 0 Å². The second-order valence-electron chi connectivity index (χ2n) is 4.44. The van der Waals surface area contributed by atoms with E-state index in [2.05, 4.69) is 6.92 Å². The van der Waals surface area contributed by atoms with Gasteiger partial charge in [-0.3, -0.25) is 4.39 Å². The van der Waals surface area contributed by atoms with Crippen molar-refractivity contribution < 1.29 is 13.9 Å². The van der Waals surface area contributed by atoms with E-state index in [1.807, 2.05) is 25.1 Å². The highest BCUT2D eigenvalue weighted by atomic mass is 19.1. The van der Waals surface area contributed by atoms with Crippen LogP contribution in [0.2, 0.25) is 0 Å². The number of ether oxygens (including phenoxy) is 2. The van der Waals surface area contributed by atoms with Gasteiger partial charge in [0.15, 0.2) is 11.5 Å². The van der Waals surface area contributed by atoms with Crippen molar-refractivity contribution in [2.75, 3.05) is 19.9 Å². The molecule has 0 saturated carbocycles. The van der Waals surface area contributed by atoms with E-state index in [9.17, 15) is 4.39 Å². The van der Waals surface area contributed by atoms with Gasteiger partial charge in [-0.2, -0.15) is 0 Å². The molecule has 1 unspecified atom stereocenters. The first-order valence-electron chi connectivity index (χ1n) is 6.91. The molecule has 0 fully saturated rings. The van der Waals surface area contributed by atoms with Gasteiger partial charge in [0.1, 0.15) is 0 Å². The van der Waals surface area contributed by atoms with Crippen LogP contribution in [0, 0.1) is 0 Å². The van der Waals surface area contributed by atoms with Gasteiger partial charge in [0, 0.05) is 12.5 Å². The number of hydrogen-bond acceptors (Lipinski definition) is 3. The quantitative estimate of drug-likeness (QED) is 0.701. The maximum absolute atomic E-state index is 12.2. The summed E-state index contributed by atoms with van der Waals surface area (Å²) in [5, 5.41) is 0. The van der Waals surface area contributed by atoms with Crippen molar-refractivity contribution in [1.29, 1.82) is 0 Å². The van der Waals surface area contributed by atoms with Crippen molar-refractivity contribution in [3.05, 3.63) is 23.8 Å². The fourth-order valence-corrected chi connectivity index (χ4v) is 1.81. The van der Waals surface area contributed by atoms with Crippen molar-refractivity contribution in [2.24, 2.45) is 5.73 Å². The number of nitrogens with two attached hydrogens (primary N) is 1. The molecule has 0 spiro atoms. The average Bonchev–Trinajstić information content (AvgIpc) is 2.42. The number of rotatable bonds is 9. The van der Waals surface area contributed by atoms with Crippen LogP contribution in [-0.2, 0) is 6.42 Å². The SMILES string of the molecule is CCOc1cccc(CC(N)CC)c1OCCCF. The molecule has 1 aromatic carbocycles. The third-order valence-corrected chi connectivity index (χ3v) is 2.89. The molecule has 0 bridgehead atoms. The van der Waals surface area contributed by atoms with Crippen molar-refractivity contribution >= 4 is 0 Å². The highest BCUT2D eigenvalue weighted by molar-refractivity contribution is 5.47. The topological polar surface area (TPSA) is 44.5 Å². The predicted octanol–water partition coefficient (Wildman–Crippen LogP) is 3.10. The fraction of sp³-hybridized carbons (Fsp3) is 0.600. The Labute approximate surface area is 114 Å². The number of alkyl halides is 1. The molecule has 0 amide bonds. The van der Waals surface area contributed by atoms with Crippen LogP contribution in [0.3, 0.4) is 0 Å². The predicted molar refractivity (Wildman–Crippen MR) is 75.7 cm³/mol. The second-order valence-corrected chi connectivity index (χ2v) is 4.44. The zero-order chi connectivity index (χ0) is 14.1. The molecule has 0 aliphatic heterocycles. The molecule has 1 rings (SSSR count). The molecule has 4 heteroatoms. The summed E-state index contributed by atoms with van der Waals surface area (Å²) < 4.78 is 23.4. The Morgan fingerprint density at radius 1 is 1.26 bits per heavy atom. The number of para-hydroxylation sites is 1. The first-order valence-corrected chi connectivity index (χ1v) is 6.91. The normalized spacial score (nSPS) is 12.2. The molecular formula is C15H24FNO2. The third kappa shape index (κ3) is 5.07.